The number of nitrogens with one attached hydrogen (secondary N) is 1. The topological polar surface area (TPSA) is 38.0 Å². The molecule has 2 atom stereocenters. The molecule has 0 aromatic carbocycles. The zero-order valence-corrected chi connectivity index (χ0v) is 11.8. The van der Waals surface area contributed by atoms with Crippen LogP contribution in [0.5, 0.6) is 0 Å². The van der Waals surface area contributed by atoms with Crippen molar-refractivity contribution >= 4 is 0 Å². The van der Waals surface area contributed by atoms with E-state index in [1.165, 1.54) is 70.8 Å². The number of nitrogens with two attached hydrogens (primary N) is 1. The highest BCUT2D eigenvalue weighted by molar-refractivity contribution is 4.92. The van der Waals surface area contributed by atoms with E-state index in [1.54, 1.807) is 0 Å². The normalized spacial score (nSPS) is 32.1. The third-order valence-electron chi connectivity index (χ3n) is 4.97. The van der Waals surface area contributed by atoms with Gasteiger partial charge in [0.25, 0.3) is 0 Å². The standard InChI is InChI=1S/C16H30N2/c1-2-9-16(10-4-3-5-11-16)13-18-15-8-6-7-14(17)12-15/h2,14-15,18H,1,3-13,17H2. The highest BCUT2D eigenvalue weighted by atomic mass is 14.9. The van der Waals surface area contributed by atoms with E-state index in [0.29, 0.717) is 17.5 Å². The average molecular weight is 250 g/mol. The number of hydrogen-bond acceptors (Lipinski definition) is 2. The molecule has 0 radical (unpaired) electrons. The summed E-state index contributed by atoms with van der Waals surface area (Å²) in [6.07, 6.45) is 15.3. The van der Waals surface area contributed by atoms with E-state index in [4.69, 9.17) is 5.73 Å². The van der Waals surface area contributed by atoms with Crippen molar-refractivity contribution < 1.29 is 0 Å². The van der Waals surface area contributed by atoms with E-state index in [2.05, 4.69) is 18.0 Å². The second-order valence-electron chi connectivity index (χ2n) is 6.56. The van der Waals surface area contributed by atoms with Gasteiger partial charge in [0.1, 0.15) is 0 Å². The van der Waals surface area contributed by atoms with Gasteiger partial charge in [0.15, 0.2) is 0 Å². The highest BCUT2D eigenvalue weighted by Gasteiger charge is 2.31. The third-order valence-corrected chi connectivity index (χ3v) is 4.97. The van der Waals surface area contributed by atoms with Crippen LogP contribution in [0.2, 0.25) is 0 Å². The molecule has 0 bridgehead atoms. The van der Waals surface area contributed by atoms with Crippen LogP contribution in [0.1, 0.15) is 64.2 Å². The fraction of sp³-hybridized carbons (Fsp3) is 0.875. The molecule has 2 nitrogen and oxygen atoms in total. The van der Waals surface area contributed by atoms with Crippen molar-refractivity contribution in [2.24, 2.45) is 11.1 Å². The van der Waals surface area contributed by atoms with Crippen molar-refractivity contribution in [1.29, 1.82) is 0 Å². The van der Waals surface area contributed by atoms with Gasteiger partial charge in [0, 0.05) is 18.6 Å². The van der Waals surface area contributed by atoms with Gasteiger partial charge in [-0.3, -0.25) is 0 Å². The first-order chi connectivity index (χ1) is 8.74. The van der Waals surface area contributed by atoms with Crippen LogP contribution in [0.3, 0.4) is 0 Å². The summed E-state index contributed by atoms with van der Waals surface area (Å²) in [5.41, 5.74) is 6.57. The van der Waals surface area contributed by atoms with Crippen molar-refractivity contribution in [3.05, 3.63) is 12.7 Å². The molecule has 2 fully saturated rings. The molecule has 0 heterocycles. The summed E-state index contributed by atoms with van der Waals surface area (Å²) in [6, 6.07) is 1.09. The predicted molar refractivity (Wildman–Crippen MR) is 78.6 cm³/mol. The summed E-state index contributed by atoms with van der Waals surface area (Å²) in [4.78, 5) is 0. The maximum atomic E-state index is 6.07. The van der Waals surface area contributed by atoms with Crippen LogP contribution in [0.25, 0.3) is 0 Å². The van der Waals surface area contributed by atoms with E-state index < -0.39 is 0 Å². The van der Waals surface area contributed by atoms with Crippen LogP contribution in [0.15, 0.2) is 12.7 Å². The first-order valence-corrected chi connectivity index (χ1v) is 7.84. The van der Waals surface area contributed by atoms with Gasteiger partial charge in [0.2, 0.25) is 0 Å². The summed E-state index contributed by atoms with van der Waals surface area (Å²) >= 11 is 0. The molecule has 2 aliphatic rings. The van der Waals surface area contributed by atoms with E-state index in [0.717, 1.165) is 0 Å². The van der Waals surface area contributed by atoms with Crippen LogP contribution in [0.4, 0.5) is 0 Å². The molecule has 18 heavy (non-hydrogen) atoms. The molecular weight excluding hydrogens is 220 g/mol. The molecule has 104 valence electrons. The lowest BCUT2D eigenvalue weighted by Gasteiger charge is -2.39. The first kappa shape index (κ1) is 14.1. The fourth-order valence-corrected chi connectivity index (χ4v) is 3.83. The zero-order valence-electron chi connectivity index (χ0n) is 11.8. The van der Waals surface area contributed by atoms with Crippen LogP contribution >= 0.6 is 0 Å². The minimum Gasteiger partial charge on any atom is -0.328 e. The van der Waals surface area contributed by atoms with Gasteiger partial charge in [-0.1, -0.05) is 31.8 Å². The summed E-state index contributed by atoms with van der Waals surface area (Å²) < 4.78 is 0. The Balaban J connectivity index is 1.83. The van der Waals surface area contributed by atoms with E-state index in [-0.39, 0.29) is 0 Å². The Morgan fingerprint density at radius 1 is 1.17 bits per heavy atom. The molecule has 0 amide bonds. The van der Waals surface area contributed by atoms with Gasteiger partial charge >= 0.3 is 0 Å². The summed E-state index contributed by atoms with van der Waals surface area (Å²) in [7, 11) is 0. The highest BCUT2D eigenvalue weighted by Crippen LogP contribution is 2.39. The second-order valence-corrected chi connectivity index (χ2v) is 6.56. The molecule has 3 N–H and O–H groups in total. The van der Waals surface area contributed by atoms with Crippen LogP contribution in [0, 0.1) is 5.41 Å². The molecule has 0 aromatic rings. The van der Waals surface area contributed by atoms with Gasteiger partial charge in [0.05, 0.1) is 0 Å². The Morgan fingerprint density at radius 2 is 1.94 bits per heavy atom. The lowest BCUT2D eigenvalue weighted by molar-refractivity contribution is 0.170. The third kappa shape index (κ3) is 3.83. The molecule has 0 spiro atoms. The smallest absolute Gasteiger partial charge is 0.00820 e. The summed E-state index contributed by atoms with van der Waals surface area (Å²) in [5.74, 6) is 0. The molecule has 2 saturated carbocycles. The largest absolute Gasteiger partial charge is 0.328 e. The molecule has 2 unspecified atom stereocenters. The summed E-state index contributed by atoms with van der Waals surface area (Å²) in [5, 5.41) is 3.82. The lowest BCUT2D eigenvalue weighted by Crippen LogP contribution is -2.45. The maximum Gasteiger partial charge on any atom is 0.00820 e. The van der Waals surface area contributed by atoms with Crippen molar-refractivity contribution in [2.45, 2.75) is 76.3 Å². The zero-order chi connectivity index (χ0) is 12.8. The quantitative estimate of drug-likeness (QED) is 0.734. The van der Waals surface area contributed by atoms with E-state index in [9.17, 15) is 0 Å². The molecule has 2 heteroatoms. The Hall–Kier alpha value is -0.340. The molecule has 0 aromatic heterocycles. The van der Waals surface area contributed by atoms with Crippen LogP contribution in [-0.4, -0.2) is 18.6 Å². The SMILES string of the molecule is C=CCC1(CNC2CCCC(N)C2)CCCCC1. The van der Waals surface area contributed by atoms with Gasteiger partial charge in [-0.15, -0.1) is 6.58 Å². The van der Waals surface area contributed by atoms with Crippen molar-refractivity contribution in [3.63, 3.8) is 0 Å². The van der Waals surface area contributed by atoms with Crippen molar-refractivity contribution in [1.82, 2.24) is 5.32 Å². The van der Waals surface area contributed by atoms with E-state index >= 15 is 0 Å². The molecule has 0 aliphatic heterocycles. The lowest BCUT2D eigenvalue weighted by atomic mass is 9.71. The van der Waals surface area contributed by atoms with Gasteiger partial charge < -0.3 is 11.1 Å². The van der Waals surface area contributed by atoms with Gasteiger partial charge in [-0.2, -0.15) is 0 Å². The molecular formula is C16H30N2. The second kappa shape index (κ2) is 6.72. The fourth-order valence-electron chi connectivity index (χ4n) is 3.83. The van der Waals surface area contributed by atoms with Gasteiger partial charge in [-0.05, 0) is 43.9 Å². The molecule has 2 aliphatic carbocycles. The van der Waals surface area contributed by atoms with Crippen molar-refractivity contribution in [2.75, 3.05) is 6.54 Å². The maximum absolute atomic E-state index is 6.07. The first-order valence-electron chi connectivity index (χ1n) is 7.84. The average Bonchev–Trinajstić information content (AvgIpc) is 2.38. The Labute approximate surface area is 112 Å². The number of hydrogen-bond donors (Lipinski definition) is 2. The monoisotopic (exact) mass is 250 g/mol. The Morgan fingerprint density at radius 3 is 2.61 bits per heavy atom. The molecule has 2 rings (SSSR count). The Kier molecular flexibility index (Phi) is 5.25. The van der Waals surface area contributed by atoms with E-state index in [1.807, 2.05) is 0 Å². The van der Waals surface area contributed by atoms with Gasteiger partial charge in [-0.25, -0.2) is 0 Å². The number of rotatable bonds is 5. The number of allylic oxidation sites excluding steroid dienone is 1. The van der Waals surface area contributed by atoms with Crippen molar-refractivity contribution in [3.8, 4) is 0 Å². The van der Waals surface area contributed by atoms with Crippen LogP contribution < -0.4 is 11.1 Å². The minimum atomic E-state index is 0.429. The predicted octanol–water partition coefficient (Wildman–Crippen LogP) is 3.37. The minimum absolute atomic E-state index is 0.429. The summed E-state index contributed by atoms with van der Waals surface area (Å²) in [6.45, 7) is 5.14. The molecule has 0 saturated heterocycles. The Bertz CT molecular complexity index is 256. The van der Waals surface area contributed by atoms with Crippen LogP contribution in [-0.2, 0) is 0 Å².